The van der Waals surface area contributed by atoms with Gasteiger partial charge >= 0.3 is 5.97 Å². The molecule has 0 radical (unpaired) electrons. The molecule has 1 aliphatic rings. The first kappa shape index (κ1) is 18.8. The average Bonchev–Trinajstić information content (AvgIpc) is 2.67. The summed E-state index contributed by atoms with van der Waals surface area (Å²) in [5.41, 5.74) is 1.74. The van der Waals surface area contributed by atoms with Gasteiger partial charge in [0, 0.05) is 28.9 Å². The van der Waals surface area contributed by atoms with E-state index >= 15 is 0 Å². The number of nitrogens with zero attached hydrogens (tertiary/aromatic N) is 1. The van der Waals surface area contributed by atoms with Crippen LogP contribution in [0.1, 0.15) is 31.4 Å². The number of ether oxygens (including phenoxy) is 1. The van der Waals surface area contributed by atoms with Crippen molar-refractivity contribution in [2.24, 2.45) is 11.8 Å². The second-order valence-electron chi connectivity index (χ2n) is 6.89. The van der Waals surface area contributed by atoms with Gasteiger partial charge in [0.1, 0.15) is 5.82 Å². The lowest BCUT2D eigenvalue weighted by Crippen LogP contribution is -2.31. The molecule has 0 bridgehead atoms. The Bertz CT molecular complexity index is 906. The summed E-state index contributed by atoms with van der Waals surface area (Å²) in [6, 6.07) is 8.61. The topological polar surface area (TPSA) is 101 Å². The highest BCUT2D eigenvalue weighted by atomic mass is 16.5. The lowest BCUT2D eigenvalue weighted by Gasteiger charge is -2.26. The SMILES string of the molecule is COC(=O)[C@@H]1CCC[C@H](C(=O)Nc2cccc(-c3nc(C)cc(=O)[nH]3)c2)C1. The van der Waals surface area contributed by atoms with Crippen LogP contribution in [0.3, 0.4) is 0 Å². The summed E-state index contributed by atoms with van der Waals surface area (Å²) in [5, 5.41) is 2.92. The smallest absolute Gasteiger partial charge is 0.308 e. The highest BCUT2D eigenvalue weighted by Crippen LogP contribution is 2.31. The van der Waals surface area contributed by atoms with Gasteiger partial charge in [-0.1, -0.05) is 18.6 Å². The minimum atomic E-state index is -0.246. The van der Waals surface area contributed by atoms with E-state index in [4.69, 9.17) is 4.74 Å². The molecule has 7 nitrogen and oxygen atoms in total. The standard InChI is InChI=1S/C20H23N3O4/c1-12-9-17(24)23-18(21-12)13-5-4-8-16(11-13)22-19(25)14-6-3-7-15(10-14)20(26)27-2/h4-5,8-9,11,14-15H,3,6-7,10H2,1-2H3,(H,22,25)(H,21,23,24)/t14-,15+/m0/s1. The van der Waals surface area contributed by atoms with Gasteiger partial charge in [0.05, 0.1) is 13.0 Å². The van der Waals surface area contributed by atoms with Gasteiger partial charge < -0.3 is 15.0 Å². The largest absolute Gasteiger partial charge is 0.469 e. The van der Waals surface area contributed by atoms with Crippen molar-refractivity contribution in [2.45, 2.75) is 32.6 Å². The number of carbonyl (C=O) groups is 2. The molecule has 27 heavy (non-hydrogen) atoms. The molecule has 1 aliphatic carbocycles. The monoisotopic (exact) mass is 369 g/mol. The van der Waals surface area contributed by atoms with Crippen LogP contribution in [0, 0.1) is 18.8 Å². The molecule has 1 amide bonds. The first-order valence-corrected chi connectivity index (χ1v) is 9.03. The number of anilines is 1. The summed E-state index contributed by atoms with van der Waals surface area (Å²) in [6.45, 7) is 1.76. The van der Waals surface area contributed by atoms with Gasteiger partial charge in [-0.15, -0.1) is 0 Å². The van der Waals surface area contributed by atoms with Gasteiger partial charge in [0.2, 0.25) is 5.91 Å². The third kappa shape index (κ3) is 4.61. The Labute approximate surface area is 157 Å². The molecule has 0 spiro atoms. The van der Waals surface area contributed by atoms with Crippen LogP contribution in [0.15, 0.2) is 35.1 Å². The zero-order valence-electron chi connectivity index (χ0n) is 15.5. The average molecular weight is 369 g/mol. The van der Waals surface area contributed by atoms with Crippen molar-refractivity contribution in [1.29, 1.82) is 0 Å². The van der Waals surface area contributed by atoms with E-state index < -0.39 is 0 Å². The summed E-state index contributed by atoms with van der Waals surface area (Å²) in [4.78, 5) is 43.1. The Morgan fingerprint density at radius 1 is 1.22 bits per heavy atom. The van der Waals surface area contributed by atoms with E-state index in [-0.39, 0.29) is 29.3 Å². The van der Waals surface area contributed by atoms with E-state index in [1.54, 1.807) is 25.1 Å². The van der Waals surface area contributed by atoms with Crippen molar-refractivity contribution >= 4 is 17.6 Å². The van der Waals surface area contributed by atoms with E-state index in [9.17, 15) is 14.4 Å². The van der Waals surface area contributed by atoms with Crippen molar-refractivity contribution in [3.63, 3.8) is 0 Å². The van der Waals surface area contributed by atoms with E-state index in [2.05, 4.69) is 15.3 Å². The van der Waals surface area contributed by atoms with Crippen molar-refractivity contribution in [3.8, 4) is 11.4 Å². The highest BCUT2D eigenvalue weighted by Gasteiger charge is 2.31. The van der Waals surface area contributed by atoms with Crippen molar-refractivity contribution in [3.05, 3.63) is 46.4 Å². The molecule has 1 aromatic heterocycles. The number of esters is 1. The minimum absolute atomic E-state index is 0.105. The fourth-order valence-electron chi connectivity index (χ4n) is 3.51. The first-order chi connectivity index (χ1) is 13.0. The maximum atomic E-state index is 12.6. The summed E-state index contributed by atoms with van der Waals surface area (Å²) < 4.78 is 4.81. The summed E-state index contributed by atoms with van der Waals surface area (Å²) in [5.74, 6) is -0.328. The van der Waals surface area contributed by atoms with E-state index in [1.807, 2.05) is 6.07 Å². The Morgan fingerprint density at radius 3 is 2.74 bits per heavy atom. The Balaban J connectivity index is 1.73. The minimum Gasteiger partial charge on any atom is -0.469 e. The van der Waals surface area contributed by atoms with Crippen LogP contribution in [0.2, 0.25) is 0 Å². The maximum absolute atomic E-state index is 12.6. The second kappa shape index (κ2) is 8.16. The summed E-state index contributed by atoms with van der Waals surface area (Å²) >= 11 is 0. The number of carbonyl (C=O) groups excluding carboxylic acids is 2. The molecule has 2 atom stereocenters. The Morgan fingerprint density at radius 2 is 2.00 bits per heavy atom. The quantitative estimate of drug-likeness (QED) is 0.807. The zero-order valence-corrected chi connectivity index (χ0v) is 15.5. The molecule has 2 aromatic rings. The molecule has 0 unspecified atom stereocenters. The molecule has 3 rings (SSSR count). The second-order valence-corrected chi connectivity index (χ2v) is 6.89. The Kier molecular flexibility index (Phi) is 5.69. The van der Waals surface area contributed by atoms with E-state index in [0.29, 0.717) is 29.2 Å². The number of benzene rings is 1. The predicted octanol–water partition coefficient (Wildman–Crippen LogP) is 2.66. The lowest BCUT2D eigenvalue weighted by molar-refractivity contribution is -0.147. The van der Waals surface area contributed by atoms with E-state index in [0.717, 1.165) is 19.3 Å². The van der Waals surface area contributed by atoms with Crippen molar-refractivity contribution in [1.82, 2.24) is 9.97 Å². The van der Waals surface area contributed by atoms with Crippen molar-refractivity contribution < 1.29 is 14.3 Å². The van der Waals surface area contributed by atoms with Gasteiger partial charge in [0.25, 0.3) is 5.56 Å². The number of methoxy groups -OCH3 is 1. The number of H-pyrrole nitrogens is 1. The number of hydrogen-bond acceptors (Lipinski definition) is 5. The van der Waals surface area contributed by atoms with Crippen LogP contribution in [0.25, 0.3) is 11.4 Å². The predicted molar refractivity (Wildman–Crippen MR) is 101 cm³/mol. The number of aromatic amines is 1. The molecule has 0 aliphatic heterocycles. The van der Waals surface area contributed by atoms with Gasteiger partial charge in [-0.05, 0) is 38.3 Å². The number of aryl methyl sites for hydroxylation is 1. The van der Waals surface area contributed by atoms with Crippen LogP contribution in [0.5, 0.6) is 0 Å². The number of hydrogen-bond donors (Lipinski definition) is 2. The first-order valence-electron chi connectivity index (χ1n) is 9.03. The van der Waals surface area contributed by atoms with Gasteiger partial charge in [0.15, 0.2) is 0 Å². The fourth-order valence-corrected chi connectivity index (χ4v) is 3.51. The van der Waals surface area contributed by atoms with Crippen LogP contribution in [-0.2, 0) is 14.3 Å². The molecular formula is C20H23N3O4. The number of amides is 1. The molecular weight excluding hydrogens is 346 g/mol. The fraction of sp³-hybridized carbons (Fsp3) is 0.400. The van der Waals surface area contributed by atoms with Gasteiger partial charge in [-0.2, -0.15) is 0 Å². The highest BCUT2D eigenvalue weighted by molar-refractivity contribution is 5.93. The van der Waals surface area contributed by atoms with Crippen molar-refractivity contribution in [2.75, 3.05) is 12.4 Å². The Hall–Kier alpha value is -2.96. The number of nitrogens with one attached hydrogen (secondary N) is 2. The third-order valence-electron chi connectivity index (χ3n) is 4.85. The number of aromatic nitrogens is 2. The van der Waals surface area contributed by atoms with Gasteiger partial charge in [-0.3, -0.25) is 14.4 Å². The molecule has 1 heterocycles. The van der Waals surface area contributed by atoms with Crippen LogP contribution < -0.4 is 10.9 Å². The maximum Gasteiger partial charge on any atom is 0.308 e. The van der Waals surface area contributed by atoms with E-state index in [1.165, 1.54) is 13.2 Å². The molecule has 2 N–H and O–H groups in total. The number of rotatable bonds is 4. The molecule has 1 fully saturated rings. The molecule has 142 valence electrons. The zero-order chi connectivity index (χ0) is 19.4. The van der Waals surface area contributed by atoms with Gasteiger partial charge in [-0.25, -0.2) is 4.98 Å². The molecule has 1 aromatic carbocycles. The van der Waals surface area contributed by atoms with Crippen LogP contribution >= 0.6 is 0 Å². The normalized spacial score (nSPS) is 19.3. The van der Waals surface area contributed by atoms with Crippen LogP contribution in [0.4, 0.5) is 5.69 Å². The van der Waals surface area contributed by atoms with Crippen LogP contribution in [-0.4, -0.2) is 29.0 Å². The molecule has 0 saturated heterocycles. The summed E-state index contributed by atoms with van der Waals surface area (Å²) in [7, 11) is 1.38. The molecule has 1 saturated carbocycles. The lowest BCUT2D eigenvalue weighted by atomic mass is 9.81. The molecule has 7 heteroatoms. The third-order valence-corrected chi connectivity index (χ3v) is 4.85. The summed E-state index contributed by atoms with van der Waals surface area (Å²) in [6.07, 6.45) is 2.85.